The fourth-order valence-corrected chi connectivity index (χ4v) is 3.57. The molecule has 0 atom stereocenters. The molecule has 5 nitrogen and oxygen atoms in total. The van der Waals surface area contributed by atoms with Gasteiger partial charge in [0, 0.05) is 36.9 Å². The minimum absolute atomic E-state index is 0.0937. The fraction of sp³-hybridized carbons (Fsp3) is 0.474. The van der Waals surface area contributed by atoms with Crippen molar-refractivity contribution in [3.05, 3.63) is 51.8 Å². The van der Waals surface area contributed by atoms with Gasteiger partial charge >= 0.3 is 0 Å². The molecule has 134 valence electrons. The van der Waals surface area contributed by atoms with Crippen molar-refractivity contribution in [1.82, 2.24) is 19.6 Å². The van der Waals surface area contributed by atoms with Crippen molar-refractivity contribution in [1.29, 1.82) is 0 Å². The molecular weight excluding hydrogens is 336 g/mol. The van der Waals surface area contributed by atoms with Crippen LogP contribution in [0.2, 0.25) is 5.02 Å². The van der Waals surface area contributed by atoms with Crippen LogP contribution in [-0.2, 0) is 6.54 Å². The van der Waals surface area contributed by atoms with E-state index in [4.69, 9.17) is 11.6 Å². The van der Waals surface area contributed by atoms with E-state index < -0.39 is 0 Å². The van der Waals surface area contributed by atoms with E-state index in [1.807, 2.05) is 47.7 Å². The zero-order valence-electron chi connectivity index (χ0n) is 15.1. The highest BCUT2D eigenvalue weighted by Gasteiger charge is 2.26. The minimum Gasteiger partial charge on any atom is -0.336 e. The van der Waals surface area contributed by atoms with E-state index >= 15 is 0 Å². The SMILES string of the molecule is CCN1CCN(C(=O)c2c(C)nn(Cc3ccccc3Cl)c2C)CC1. The molecule has 0 N–H and O–H groups in total. The van der Waals surface area contributed by atoms with E-state index in [0.29, 0.717) is 6.54 Å². The summed E-state index contributed by atoms with van der Waals surface area (Å²) in [6.07, 6.45) is 0. The molecule has 2 aromatic rings. The summed E-state index contributed by atoms with van der Waals surface area (Å²) in [6, 6.07) is 7.75. The van der Waals surface area contributed by atoms with Crippen molar-refractivity contribution in [2.75, 3.05) is 32.7 Å². The molecule has 1 aromatic heterocycles. The van der Waals surface area contributed by atoms with Gasteiger partial charge in [0.25, 0.3) is 5.91 Å². The molecule has 1 aliphatic heterocycles. The van der Waals surface area contributed by atoms with Crippen LogP contribution in [0.1, 0.15) is 34.2 Å². The van der Waals surface area contributed by atoms with Gasteiger partial charge in [0.15, 0.2) is 0 Å². The second-order valence-electron chi connectivity index (χ2n) is 6.52. The maximum atomic E-state index is 13.0. The second-order valence-corrected chi connectivity index (χ2v) is 6.93. The number of likely N-dealkylation sites (N-methyl/N-ethyl adjacent to an activating group) is 1. The summed E-state index contributed by atoms with van der Waals surface area (Å²) in [7, 11) is 0. The molecule has 0 saturated carbocycles. The molecule has 1 aromatic carbocycles. The van der Waals surface area contributed by atoms with Gasteiger partial charge in [-0.15, -0.1) is 0 Å². The third-order valence-corrected chi connectivity index (χ3v) is 5.35. The Kier molecular flexibility index (Phi) is 5.45. The number of aromatic nitrogens is 2. The first-order chi connectivity index (χ1) is 12.0. The number of halogens is 1. The predicted molar refractivity (Wildman–Crippen MR) is 100 cm³/mol. The lowest BCUT2D eigenvalue weighted by Crippen LogP contribution is -2.48. The molecule has 0 unspecified atom stereocenters. The van der Waals surface area contributed by atoms with Gasteiger partial charge in [0.1, 0.15) is 0 Å². The first-order valence-electron chi connectivity index (χ1n) is 8.80. The maximum Gasteiger partial charge on any atom is 0.257 e. The predicted octanol–water partition coefficient (Wildman–Crippen LogP) is 2.98. The average Bonchev–Trinajstić information content (AvgIpc) is 2.90. The number of carbonyl (C=O) groups is 1. The van der Waals surface area contributed by atoms with E-state index in [1.54, 1.807) is 0 Å². The van der Waals surface area contributed by atoms with Gasteiger partial charge in [0.05, 0.1) is 17.8 Å². The van der Waals surface area contributed by atoms with Crippen molar-refractivity contribution in [2.45, 2.75) is 27.3 Å². The Morgan fingerprint density at radius 3 is 2.48 bits per heavy atom. The summed E-state index contributed by atoms with van der Waals surface area (Å²) < 4.78 is 1.88. The van der Waals surface area contributed by atoms with E-state index in [0.717, 1.165) is 60.3 Å². The van der Waals surface area contributed by atoms with E-state index in [9.17, 15) is 4.79 Å². The first-order valence-corrected chi connectivity index (χ1v) is 9.18. The van der Waals surface area contributed by atoms with Gasteiger partial charge < -0.3 is 9.80 Å². The molecule has 1 fully saturated rings. The number of hydrogen-bond acceptors (Lipinski definition) is 3. The normalized spacial score (nSPS) is 15.6. The lowest BCUT2D eigenvalue weighted by Gasteiger charge is -2.34. The Morgan fingerprint density at radius 1 is 1.16 bits per heavy atom. The molecule has 6 heteroatoms. The van der Waals surface area contributed by atoms with Crippen LogP contribution in [0.3, 0.4) is 0 Å². The van der Waals surface area contributed by atoms with Crippen LogP contribution >= 0.6 is 11.6 Å². The highest BCUT2D eigenvalue weighted by molar-refractivity contribution is 6.31. The van der Waals surface area contributed by atoms with Crippen LogP contribution in [0.25, 0.3) is 0 Å². The summed E-state index contributed by atoms with van der Waals surface area (Å²) in [5.74, 6) is 0.0937. The summed E-state index contributed by atoms with van der Waals surface area (Å²) in [5, 5.41) is 5.31. The lowest BCUT2D eigenvalue weighted by molar-refractivity contribution is 0.0642. The highest BCUT2D eigenvalue weighted by Crippen LogP contribution is 2.21. The Balaban J connectivity index is 1.80. The van der Waals surface area contributed by atoms with Crippen molar-refractivity contribution in [3.8, 4) is 0 Å². The molecule has 3 rings (SSSR count). The largest absolute Gasteiger partial charge is 0.336 e. The van der Waals surface area contributed by atoms with Crippen LogP contribution in [-0.4, -0.2) is 58.2 Å². The number of hydrogen-bond donors (Lipinski definition) is 0. The first kappa shape index (κ1) is 18.0. The summed E-state index contributed by atoms with van der Waals surface area (Å²) >= 11 is 6.26. The van der Waals surface area contributed by atoms with E-state index in [2.05, 4.69) is 16.9 Å². The number of benzene rings is 1. The maximum absolute atomic E-state index is 13.0. The molecule has 2 heterocycles. The molecule has 1 amide bonds. The number of nitrogens with zero attached hydrogens (tertiary/aromatic N) is 4. The number of aryl methyl sites for hydroxylation is 1. The summed E-state index contributed by atoms with van der Waals surface area (Å²) in [6.45, 7) is 11.1. The molecule has 0 spiro atoms. The van der Waals surface area contributed by atoms with E-state index in [1.165, 1.54) is 0 Å². The molecular formula is C19H25ClN4O. The van der Waals surface area contributed by atoms with Crippen molar-refractivity contribution in [3.63, 3.8) is 0 Å². The Hall–Kier alpha value is -1.85. The van der Waals surface area contributed by atoms with Gasteiger partial charge in [-0.3, -0.25) is 9.48 Å². The van der Waals surface area contributed by atoms with Crippen LogP contribution in [0.4, 0.5) is 0 Å². The molecule has 1 aliphatic rings. The number of carbonyl (C=O) groups excluding carboxylic acids is 1. The molecule has 0 radical (unpaired) electrons. The van der Waals surface area contributed by atoms with Crippen molar-refractivity contribution >= 4 is 17.5 Å². The molecule has 1 saturated heterocycles. The van der Waals surface area contributed by atoms with Crippen LogP contribution < -0.4 is 0 Å². The Labute approximate surface area is 154 Å². The minimum atomic E-state index is 0.0937. The standard InChI is InChI=1S/C19H25ClN4O/c1-4-22-9-11-23(12-10-22)19(25)18-14(2)21-24(15(18)3)13-16-7-5-6-8-17(16)20/h5-8H,4,9-13H2,1-3H3. The summed E-state index contributed by atoms with van der Waals surface area (Å²) in [5.41, 5.74) is 3.43. The third kappa shape index (κ3) is 3.72. The van der Waals surface area contributed by atoms with E-state index in [-0.39, 0.29) is 5.91 Å². The zero-order valence-corrected chi connectivity index (χ0v) is 15.9. The van der Waals surface area contributed by atoms with Gasteiger partial charge in [-0.05, 0) is 32.0 Å². The van der Waals surface area contributed by atoms with Gasteiger partial charge in [-0.1, -0.05) is 36.7 Å². The second kappa shape index (κ2) is 7.58. The number of amides is 1. The van der Waals surface area contributed by atoms with Gasteiger partial charge in [0.2, 0.25) is 0 Å². The quantitative estimate of drug-likeness (QED) is 0.841. The lowest BCUT2D eigenvalue weighted by atomic mass is 10.1. The number of rotatable bonds is 4. The van der Waals surface area contributed by atoms with Crippen LogP contribution in [0.5, 0.6) is 0 Å². The third-order valence-electron chi connectivity index (χ3n) is 4.98. The number of piperazine rings is 1. The van der Waals surface area contributed by atoms with Crippen LogP contribution in [0.15, 0.2) is 24.3 Å². The van der Waals surface area contributed by atoms with Crippen LogP contribution in [0, 0.1) is 13.8 Å². The molecule has 0 bridgehead atoms. The Morgan fingerprint density at radius 2 is 1.84 bits per heavy atom. The smallest absolute Gasteiger partial charge is 0.257 e. The topological polar surface area (TPSA) is 41.4 Å². The van der Waals surface area contributed by atoms with Crippen molar-refractivity contribution in [2.24, 2.45) is 0 Å². The van der Waals surface area contributed by atoms with Gasteiger partial charge in [-0.25, -0.2) is 0 Å². The average molecular weight is 361 g/mol. The van der Waals surface area contributed by atoms with Crippen molar-refractivity contribution < 1.29 is 4.79 Å². The fourth-order valence-electron chi connectivity index (χ4n) is 3.37. The highest BCUT2D eigenvalue weighted by atomic mass is 35.5. The monoisotopic (exact) mass is 360 g/mol. The zero-order chi connectivity index (χ0) is 18.0. The van der Waals surface area contributed by atoms with Gasteiger partial charge in [-0.2, -0.15) is 5.10 Å². The Bertz CT molecular complexity index is 763. The molecule has 25 heavy (non-hydrogen) atoms. The summed E-state index contributed by atoms with van der Waals surface area (Å²) in [4.78, 5) is 17.3. The molecule has 0 aliphatic carbocycles.